The number of fused-ring (bicyclic) bond motifs is 4. The Hall–Kier alpha value is -1.28. The molecule has 41 heavy (non-hydrogen) atoms. The van der Waals surface area contributed by atoms with Gasteiger partial charge in [0, 0.05) is 6.42 Å². The maximum Gasteiger partial charge on any atom is 0.336 e. The molecule has 11 atom stereocenters. The first-order valence-electron chi connectivity index (χ1n) is 16.1. The third-order valence-electron chi connectivity index (χ3n) is 13.8. The Bertz CT molecular complexity index is 1200. The maximum absolute atomic E-state index is 13.4. The molecule has 2 aliphatic heterocycles. The van der Waals surface area contributed by atoms with Gasteiger partial charge in [0.25, 0.3) is 0 Å². The smallest absolute Gasteiger partial charge is 0.336 e. The van der Waals surface area contributed by atoms with E-state index in [1.165, 1.54) is 0 Å². The summed E-state index contributed by atoms with van der Waals surface area (Å²) in [6.45, 7) is 20.4. The van der Waals surface area contributed by atoms with Crippen LogP contribution in [0.2, 0.25) is 18.1 Å². The van der Waals surface area contributed by atoms with Gasteiger partial charge in [-0.2, -0.15) is 0 Å². The van der Waals surface area contributed by atoms with E-state index in [2.05, 4.69) is 61.6 Å². The van der Waals surface area contributed by atoms with Crippen molar-refractivity contribution in [1.82, 2.24) is 0 Å². The molecular formula is C34H52O6Si. The number of epoxide rings is 1. The molecule has 7 heteroatoms. The van der Waals surface area contributed by atoms with Crippen LogP contribution < -0.4 is 0 Å². The Morgan fingerprint density at radius 3 is 2.51 bits per heavy atom. The van der Waals surface area contributed by atoms with Gasteiger partial charge in [-0.05, 0) is 111 Å². The van der Waals surface area contributed by atoms with Gasteiger partial charge in [-0.3, -0.25) is 4.79 Å². The van der Waals surface area contributed by atoms with Crippen molar-refractivity contribution >= 4 is 20.1 Å². The van der Waals surface area contributed by atoms with Crippen LogP contribution in [0, 0.1) is 40.4 Å². The largest absolute Gasteiger partial charge is 0.458 e. The van der Waals surface area contributed by atoms with E-state index >= 15 is 0 Å². The molecule has 6 rings (SSSR count). The quantitative estimate of drug-likeness (QED) is 0.229. The minimum absolute atomic E-state index is 0.0319. The molecule has 0 radical (unpaired) electrons. The zero-order chi connectivity index (χ0) is 29.9. The van der Waals surface area contributed by atoms with Crippen molar-refractivity contribution in [3.63, 3.8) is 0 Å². The van der Waals surface area contributed by atoms with Gasteiger partial charge in [-0.25, -0.2) is 4.79 Å². The van der Waals surface area contributed by atoms with Gasteiger partial charge in [-0.15, -0.1) is 0 Å². The van der Waals surface area contributed by atoms with E-state index in [9.17, 15) is 14.7 Å². The first-order valence-corrected chi connectivity index (χ1v) is 19.0. The van der Waals surface area contributed by atoms with Crippen LogP contribution in [0.15, 0.2) is 23.3 Å². The second-order valence-corrected chi connectivity index (χ2v) is 21.2. The maximum atomic E-state index is 13.4. The van der Waals surface area contributed by atoms with E-state index in [0.29, 0.717) is 29.9 Å². The summed E-state index contributed by atoms with van der Waals surface area (Å²) in [4.78, 5) is 26.7. The highest BCUT2D eigenvalue weighted by atomic mass is 28.4. The van der Waals surface area contributed by atoms with E-state index in [-0.39, 0.29) is 46.2 Å². The van der Waals surface area contributed by atoms with Crippen molar-refractivity contribution in [2.24, 2.45) is 40.4 Å². The van der Waals surface area contributed by atoms with Crippen LogP contribution in [0.4, 0.5) is 0 Å². The monoisotopic (exact) mass is 584 g/mol. The summed E-state index contributed by atoms with van der Waals surface area (Å²) in [5, 5.41) is 11.0. The van der Waals surface area contributed by atoms with Crippen LogP contribution in [-0.2, 0) is 23.5 Å². The highest BCUT2D eigenvalue weighted by Gasteiger charge is 2.80. The zero-order valence-corrected chi connectivity index (χ0v) is 27.7. The van der Waals surface area contributed by atoms with E-state index in [4.69, 9.17) is 13.9 Å². The van der Waals surface area contributed by atoms with E-state index in [1.807, 2.05) is 0 Å². The van der Waals surface area contributed by atoms with Gasteiger partial charge in [-0.1, -0.05) is 40.2 Å². The highest BCUT2D eigenvalue weighted by Crippen LogP contribution is 2.73. The molecule has 228 valence electrons. The predicted octanol–water partition coefficient (Wildman–Crippen LogP) is 6.38. The number of cyclic esters (lactones) is 1. The number of hydrogen-bond acceptors (Lipinski definition) is 6. The Balaban J connectivity index is 1.18. The number of aliphatic hydroxyl groups is 1. The lowest BCUT2D eigenvalue weighted by atomic mass is 9.44. The first-order chi connectivity index (χ1) is 19.0. The highest BCUT2D eigenvalue weighted by molar-refractivity contribution is 6.74. The molecule has 4 fully saturated rings. The van der Waals surface area contributed by atoms with Gasteiger partial charge in [0.05, 0.1) is 23.7 Å². The van der Waals surface area contributed by atoms with E-state index in [1.54, 1.807) is 12.2 Å². The van der Waals surface area contributed by atoms with Gasteiger partial charge in [0.15, 0.2) is 14.1 Å². The summed E-state index contributed by atoms with van der Waals surface area (Å²) in [6.07, 6.45) is 8.48. The number of hydrogen-bond donors (Lipinski definition) is 1. The third kappa shape index (κ3) is 4.04. The van der Waals surface area contributed by atoms with Gasteiger partial charge in [0.2, 0.25) is 0 Å². The summed E-state index contributed by atoms with van der Waals surface area (Å²) >= 11 is 0. The molecule has 0 bridgehead atoms. The van der Waals surface area contributed by atoms with Crippen molar-refractivity contribution in [3.8, 4) is 0 Å². The molecule has 11 unspecified atom stereocenters. The summed E-state index contributed by atoms with van der Waals surface area (Å²) in [7, 11) is -1.97. The van der Waals surface area contributed by atoms with Gasteiger partial charge < -0.3 is 19.0 Å². The predicted molar refractivity (Wildman–Crippen MR) is 161 cm³/mol. The number of ether oxygens (including phenoxy) is 2. The molecule has 1 saturated heterocycles. The molecule has 4 aliphatic carbocycles. The number of aliphatic hydroxyl groups excluding tert-OH is 1. The molecule has 0 amide bonds. The minimum atomic E-state index is -1.97. The second kappa shape index (κ2) is 9.36. The second-order valence-electron chi connectivity index (χ2n) is 16.4. The number of carbonyl (C=O) groups excluding carboxylic acids is 2. The van der Waals surface area contributed by atoms with Crippen LogP contribution in [0.1, 0.15) is 87.0 Å². The lowest BCUT2D eigenvalue weighted by Crippen LogP contribution is -2.63. The third-order valence-corrected chi connectivity index (χ3v) is 18.3. The Kier molecular flexibility index (Phi) is 6.80. The van der Waals surface area contributed by atoms with Crippen LogP contribution in [0.5, 0.6) is 0 Å². The summed E-state index contributed by atoms with van der Waals surface area (Å²) in [5.74, 6) is 1.85. The van der Waals surface area contributed by atoms with Gasteiger partial charge in [0.1, 0.15) is 17.8 Å². The van der Waals surface area contributed by atoms with Crippen LogP contribution in [0.3, 0.4) is 0 Å². The van der Waals surface area contributed by atoms with Crippen LogP contribution in [-0.4, -0.2) is 55.7 Å². The molecule has 0 aromatic carbocycles. The van der Waals surface area contributed by atoms with Crippen molar-refractivity contribution in [1.29, 1.82) is 0 Å². The number of ketones is 1. The fourth-order valence-electron chi connectivity index (χ4n) is 10.1. The molecule has 1 N–H and O–H groups in total. The average Bonchev–Trinajstić information content (AvgIpc) is 3.51. The van der Waals surface area contributed by atoms with Crippen molar-refractivity contribution < 1.29 is 28.6 Å². The molecule has 0 aromatic rings. The fourth-order valence-corrected chi connectivity index (χ4v) is 11.1. The van der Waals surface area contributed by atoms with Crippen molar-refractivity contribution in [3.05, 3.63) is 23.3 Å². The molecule has 0 aromatic heterocycles. The number of esters is 1. The van der Waals surface area contributed by atoms with E-state index < -0.39 is 25.4 Å². The van der Waals surface area contributed by atoms with Crippen LogP contribution >= 0.6 is 0 Å². The molecule has 2 heterocycles. The number of carbonyl (C=O) groups is 2. The topological polar surface area (TPSA) is 85.4 Å². The molecule has 3 saturated carbocycles. The lowest BCUT2D eigenvalue weighted by Gasteiger charge is -2.58. The molecule has 6 nitrogen and oxygen atoms in total. The summed E-state index contributed by atoms with van der Waals surface area (Å²) in [5.41, 5.74) is 0.610. The average molecular weight is 585 g/mol. The van der Waals surface area contributed by atoms with E-state index in [0.717, 1.165) is 44.1 Å². The number of allylic oxidation sites excluding steroid dienone is 1. The van der Waals surface area contributed by atoms with Crippen LogP contribution in [0.25, 0.3) is 0 Å². The zero-order valence-electron chi connectivity index (χ0n) is 26.7. The SMILES string of the molecule is CC1=C(CO[Si](C)(C)C(C)(C)C)C(=O)OC(C(C)C2CCC3C4CC5OC56C(O)C=CC(=O)C6(C)C4CCC23C)C1. The summed E-state index contributed by atoms with van der Waals surface area (Å²) < 4.78 is 18.9. The standard InChI is InChI=1S/C34H52O6Si/c1-19-16-26(39-30(37)22(19)18-38-41(8,9)31(3,4)5)20(2)23-10-11-24-21-17-29-34(40-29)28(36)13-12-27(35)33(34,7)25(21)14-15-32(23,24)6/h12-13,20-21,23-26,28-29,36H,10-11,14-18H2,1-9H3. The Morgan fingerprint density at radius 1 is 1.15 bits per heavy atom. The number of rotatable bonds is 5. The minimum Gasteiger partial charge on any atom is -0.458 e. The Labute approximate surface area is 247 Å². The normalized spacial score (nSPS) is 46.3. The molecular weight excluding hydrogens is 532 g/mol. The van der Waals surface area contributed by atoms with Gasteiger partial charge >= 0.3 is 5.97 Å². The fraction of sp³-hybridized carbons (Fsp3) is 0.824. The molecule has 1 spiro atoms. The summed E-state index contributed by atoms with van der Waals surface area (Å²) in [6, 6.07) is 0. The molecule has 6 aliphatic rings. The van der Waals surface area contributed by atoms with Crippen molar-refractivity contribution in [2.45, 2.75) is 129 Å². The Morgan fingerprint density at radius 2 is 1.85 bits per heavy atom. The lowest BCUT2D eigenvalue weighted by molar-refractivity contribution is -0.155. The van der Waals surface area contributed by atoms with Crippen molar-refractivity contribution in [2.75, 3.05) is 6.61 Å². The first kappa shape index (κ1) is 29.8.